The Kier molecular flexibility index (Phi) is 5.71. The molecule has 14 heavy (non-hydrogen) atoms. The maximum Gasteiger partial charge on any atom is 0.219 e. The lowest BCUT2D eigenvalue weighted by atomic mass is 10.4. The van der Waals surface area contributed by atoms with Crippen LogP contribution in [0.1, 0.15) is 20.3 Å². The highest BCUT2D eigenvalue weighted by Gasteiger charge is 2.15. The van der Waals surface area contributed by atoms with E-state index in [9.17, 15) is 18.3 Å². The van der Waals surface area contributed by atoms with E-state index in [0.29, 0.717) is 6.42 Å². The summed E-state index contributed by atoms with van der Waals surface area (Å²) in [4.78, 5) is 10.8. The van der Waals surface area contributed by atoms with E-state index < -0.39 is 15.9 Å². The standard InChI is InChI=1S/C8H17NO4S/c1-3-8(11)9-5-7(10)6-14(12,13)4-2/h7,10H,3-6H2,1-2H3,(H,9,11). The van der Waals surface area contributed by atoms with Crippen LogP contribution in [0.15, 0.2) is 0 Å². The molecule has 0 bridgehead atoms. The van der Waals surface area contributed by atoms with Gasteiger partial charge in [-0.15, -0.1) is 0 Å². The van der Waals surface area contributed by atoms with E-state index in [4.69, 9.17) is 0 Å². The van der Waals surface area contributed by atoms with E-state index in [1.807, 2.05) is 0 Å². The summed E-state index contributed by atoms with van der Waals surface area (Å²) >= 11 is 0. The summed E-state index contributed by atoms with van der Waals surface area (Å²) in [5.74, 6) is -0.489. The summed E-state index contributed by atoms with van der Waals surface area (Å²) < 4.78 is 22.1. The van der Waals surface area contributed by atoms with E-state index in [1.165, 1.54) is 6.92 Å². The van der Waals surface area contributed by atoms with E-state index in [2.05, 4.69) is 5.32 Å². The average molecular weight is 223 g/mol. The number of aliphatic hydroxyl groups excluding tert-OH is 1. The first-order valence-electron chi connectivity index (χ1n) is 4.56. The van der Waals surface area contributed by atoms with Gasteiger partial charge in [-0.1, -0.05) is 13.8 Å². The number of amides is 1. The zero-order valence-corrected chi connectivity index (χ0v) is 9.30. The molecule has 1 amide bonds. The molecule has 0 saturated heterocycles. The van der Waals surface area contributed by atoms with Crippen LogP contribution < -0.4 is 5.32 Å². The van der Waals surface area contributed by atoms with Crippen LogP contribution in [0.2, 0.25) is 0 Å². The van der Waals surface area contributed by atoms with Gasteiger partial charge in [0.25, 0.3) is 0 Å². The number of hydrogen-bond acceptors (Lipinski definition) is 4. The minimum absolute atomic E-state index is 0.00574. The fraction of sp³-hybridized carbons (Fsp3) is 0.875. The second-order valence-corrected chi connectivity index (χ2v) is 5.41. The van der Waals surface area contributed by atoms with E-state index >= 15 is 0 Å². The zero-order chi connectivity index (χ0) is 11.2. The van der Waals surface area contributed by atoms with Crippen molar-refractivity contribution in [2.24, 2.45) is 0 Å². The van der Waals surface area contributed by atoms with Crippen molar-refractivity contribution in [1.29, 1.82) is 0 Å². The fourth-order valence-corrected chi connectivity index (χ4v) is 1.77. The highest BCUT2D eigenvalue weighted by Crippen LogP contribution is 1.94. The first-order valence-corrected chi connectivity index (χ1v) is 6.38. The molecule has 1 unspecified atom stereocenters. The Labute approximate surface area is 84.4 Å². The molecule has 0 aliphatic carbocycles. The maximum absolute atomic E-state index is 11.1. The Hall–Kier alpha value is -0.620. The van der Waals surface area contributed by atoms with Crippen LogP contribution in [0.3, 0.4) is 0 Å². The molecule has 84 valence electrons. The number of carbonyl (C=O) groups is 1. The minimum atomic E-state index is -3.17. The Morgan fingerprint density at radius 3 is 2.43 bits per heavy atom. The zero-order valence-electron chi connectivity index (χ0n) is 8.49. The van der Waals surface area contributed by atoms with Gasteiger partial charge >= 0.3 is 0 Å². The summed E-state index contributed by atoms with van der Waals surface area (Å²) in [6.45, 7) is 3.20. The SMILES string of the molecule is CCC(=O)NCC(O)CS(=O)(=O)CC. The third kappa shape index (κ3) is 5.93. The molecule has 6 heteroatoms. The number of rotatable bonds is 6. The van der Waals surface area contributed by atoms with E-state index in [1.54, 1.807) is 6.92 Å². The van der Waals surface area contributed by atoms with Crippen LogP contribution in [0, 0.1) is 0 Å². The number of nitrogens with one attached hydrogen (secondary N) is 1. The smallest absolute Gasteiger partial charge is 0.219 e. The van der Waals surface area contributed by atoms with Crippen molar-refractivity contribution < 1.29 is 18.3 Å². The van der Waals surface area contributed by atoms with Crippen molar-refractivity contribution in [3.63, 3.8) is 0 Å². The van der Waals surface area contributed by atoms with Crippen molar-refractivity contribution in [1.82, 2.24) is 5.32 Å². The summed E-state index contributed by atoms with van der Waals surface area (Å²) in [5.41, 5.74) is 0. The van der Waals surface area contributed by atoms with Crippen LogP contribution in [0.25, 0.3) is 0 Å². The lowest BCUT2D eigenvalue weighted by Crippen LogP contribution is -2.35. The summed E-state index contributed by atoms with van der Waals surface area (Å²) in [5, 5.41) is 11.7. The molecule has 2 N–H and O–H groups in total. The number of carbonyl (C=O) groups excluding carboxylic acids is 1. The predicted octanol–water partition coefficient (Wildman–Crippen LogP) is -0.692. The molecular formula is C8H17NO4S. The van der Waals surface area contributed by atoms with Crippen molar-refractivity contribution in [3.05, 3.63) is 0 Å². The lowest BCUT2D eigenvalue weighted by molar-refractivity contribution is -0.121. The highest BCUT2D eigenvalue weighted by molar-refractivity contribution is 7.91. The molecule has 0 radical (unpaired) electrons. The maximum atomic E-state index is 11.1. The molecule has 1 atom stereocenters. The summed E-state index contributed by atoms with van der Waals surface area (Å²) in [6, 6.07) is 0. The van der Waals surface area contributed by atoms with Crippen LogP contribution in [0.5, 0.6) is 0 Å². The normalized spacial score (nSPS) is 13.6. The van der Waals surface area contributed by atoms with Gasteiger partial charge in [0.05, 0.1) is 11.9 Å². The fourth-order valence-electron chi connectivity index (χ4n) is 0.827. The third-order valence-electron chi connectivity index (χ3n) is 1.74. The van der Waals surface area contributed by atoms with Gasteiger partial charge in [-0.3, -0.25) is 4.79 Å². The van der Waals surface area contributed by atoms with E-state index in [-0.39, 0.29) is 24.0 Å². The van der Waals surface area contributed by atoms with Gasteiger partial charge in [0, 0.05) is 18.7 Å². The summed E-state index contributed by atoms with van der Waals surface area (Å²) in [6.07, 6.45) is -0.691. The lowest BCUT2D eigenvalue weighted by Gasteiger charge is -2.10. The average Bonchev–Trinajstić information content (AvgIpc) is 2.13. The Morgan fingerprint density at radius 2 is 2.00 bits per heavy atom. The molecule has 0 aromatic rings. The third-order valence-corrected chi connectivity index (χ3v) is 3.51. The largest absolute Gasteiger partial charge is 0.390 e. The molecule has 0 aromatic carbocycles. The highest BCUT2D eigenvalue weighted by atomic mass is 32.2. The summed E-state index contributed by atoms with van der Waals surface area (Å²) in [7, 11) is -3.17. The molecule has 5 nitrogen and oxygen atoms in total. The number of sulfone groups is 1. The van der Waals surface area contributed by atoms with Gasteiger partial charge in [-0.2, -0.15) is 0 Å². The van der Waals surface area contributed by atoms with Crippen LogP contribution in [-0.4, -0.2) is 43.6 Å². The van der Waals surface area contributed by atoms with E-state index in [0.717, 1.165) is 0 Å². The predicted molar refractivity (Wildman–Crippen MR) is 53.6 cm³/mol. The van der Waals surface area contributed by atoms with Crippen molar-refractivity contribution in [2.75, 3.05) is 18.1 Å². The second kappa shape index (κ2) is 5.98. The molecule has 0 aliphatic rings. The Morgan fingerprint density at radius 1 is 1.43 bits per heavy atom. The van der Waals surface area contributed by atoms with Crippen molar-refractivity contribution in [3.8, 4) is 0 Å². The monoisotopic (exact) mass is 223 g/mol. The number of hydrogen-bond donors (Lipinski definition) is 2. The molecule has 0 aliphatic heterocycles. The Balaban J connectivity index is 3.88. The topological polar surface area (TPSA) is 83.5 Å². The van der Waals surface area contributed by atoms with Crippen LogP contribution in [-0.2, 0) is 14.6 Å². The molecular weight excluding hydrogens is 206 g/mol. The first-order chi connectivity index (χ1) is 6.41. The molecule has 0 aromatic heterocycles. The Bertz CT molecular complexity index is 273. The van der Waals surface area contributed by atoms with Crippen LogP contribution in [0.4, 0.5) is 0 Å². The van der Waals surface area contributed by atoms with Gasteiger partial charge in [-0.25, -0.2) is 8.42 Å². The molecule has 0 heterocycles. The molecule has 0 saturated carbocycles. The second-order valence-electron chi connectivity index (χ2n) is 3.01. The van der Waals surface area contributed by atoms with Crippen molar-refractivity contribution >= 4 is 15.7 Å². The van der Waals surface area contributed by atoms with Crippen LogP contribution >= 0.6 is 0 Å². The first kappa shape index (κ1) is 13.4. The quantitative estimate of drug-likeness (QED) is 0.624. The molecule has 0 spiro atoms. The van der Waals surface area contributed by atoms with Gasteiger partial charge in [0.15, 0.2) is 9.84 Å². The van der Waals surface area contributed by atoms with Gasteiger partial charge < -0.3 is 10.4 Å². The molecule has 0 fully saturated rings. The van der Waals surface area contributed by atoms with Gasteiger partial charge in [0.2, 0.25) is 5.91 Å². The molecule has 0 rings (SSSR count). The number of aliphatic hydroxyl groups is 1. The van der Waals surface area contributed by atoms with Gasteiger partial charge in [0.1, 0.15) is 0 Å². The minimum Gasteiger partial charge on any atom is -0.390 e. The van der Waals surface area contributed by atoms with Gasteiger partial charge in [-0.05, 0) is 0 Å². The van der Waals surface area contributed by atoms with Crippen molar-refractivity contribution in [2.45, 2.75) is 26.4 Å².